The van der Waals surface area contributed by atoms with E-state index in [9.17, 15) is 9.18 Å². The summed E-state index contributed by atoms with van der Waals surface area (Å²) in [6.07, 6.45) is 1.52. The number of hydrogen-bond donors (Lipinski definition) is 0. The highest BCUT2D eigenvalue weighted by molar-refractivity contribution is 9.10. The van der Waals surface area contributed by atoms with E-state index in [2.05, 4.69) is 30.8 Å². The molecule has 0 spiro atoms. The molecule has 150 valence electrons. The molecule has 9 heteroatoms. The first-order valence-corrected chi connectivity index (χ1v) is 10.4. The predicted molar refractivity (Wildman–Crippen MR) is 109 cm³/mol. The molecule has 0 saturated carbocycles. The zero-order valence-electron chi connectivity index (χ0n) is 15.9. The van der Waals surface area contributed by atoms with Crippen molar-refractivity contribution in [1.29, 1.82) is 0 Å². The molecule has 28 heavy (non-hydrogen) atoms. The van der Waals surface area contributed by atoms with Gasteiger partial charge in [0.2, 0.25) is 5.28 Å². The fourth-order valence-electron chi connectivity index (χ4n) is 4.01. The van der Waals surface area contributed by atoms with Gasteiger partial charge < -0.3 is 9.64 Å². The molecule has 0 aliphatic carbocycles. The van der Waals surface area contributed by atoms with Gasteiger partial charge >= 0.3 is 6.09 Å². The van der Waals surface area contributed by atoms with Gasteiger partial charge in [0.1, 0.15) is 17.2 Å². The van der Waals surface area contributed by atoms with Crippen LogP contribution < -0.4 is 4.90 Å². The Hall–Kier alpha value is -1.67. The highest BCUT2D eigenvalue weighted by Gasteiger charge is 2.44. The zero-order valence-corrected chi connectivity index (χ0v) is 18.2. The highest BCUT2D eigenvalue weighted by atomic mass is 79.9. The molecule has 2 saturated heterocycles. The van der Waals surface area contributed by atoms with Gasteiger partial charge in [0.25, 0.3) is 0 Å². The van der Waals surface area contributed by atoms with Crippen molar-refractivity contribution < 1.29 is 13.9 Å². The Morgan fingerprint density at radius 1 is 1.25 bits per heavy atom. The zero-order chi connectivity index (χ0) is 20.2. The molecule has 1 aromatic heterocycles. The third kappa shape index (κ3) is 3.64. The number of rotatable bonds is 1. The van der Waals surface area contributed by atoms with Crippen molar-refractivity contribution in [3.63, 3.8) is 0 Å². The largest absolute Gasteiger partial charge is 0.444 e. The standard InChI is InChI=1S/C19H21BrClFN4O2/c1-19(2,3)28-18(27)26-10-4-5-11(26)9-25(8-10)16-12-6-14(22)13(20)7-15(12)23-17(21)24-16/h6-7,10-11H,4-5,8-9H2,1-3H3/t10-,11+. The molecule has 4 rings (SSSR count). The van der Waals surface area contributed by atoms with Crippen LogP contribution in [0.25, 0.3) is 10.9 Å². The molecule has 2 aliphatic rings. The molecular formula is C19H21BrClFN4O2. The maximum atomic E-state index is 14.2. The second-order valence-electron chi connectivity index (χ2n) is 8.28. The third-order valence-electron chi connectivity index (χ3n) is 5.08. The van der Waals surface area contributed by atoms with E-state index in [1.807, 2.05) is 25.7 Å². The number of carbonyl (C=O) groups excluding carboxylic acids is 1. The maximum Gasteiger partial charge on any atom is 0.410 e. The van der Waals surface area contributed by atoms with Gasteiger partial charge in [-0.1, -0.05) is 0 Å². The SMILES string of the molecule is CC(C)(C)OC(=O)N1[C@@H]2CC[C@H]1CN(c1nc(Cl)nc3cc(Br)c(F)cc13)C2. The Morgan fingerprint density at radius 2 is 1.89 bits per heavy atom. The number of hydrogen-bond acceptors (Lipinski definition) is 5. The molecule has 2 atom stereocenters. The number of benzene rings is 1. The number of nitrogens with zero attached hydrogens (tertiary/aromatic N) is 4. The van der Waals surface area contributed by atoms with Crippen LogP contribution in [0.1, 0.15) is 33.6 Å². The van der Waals surface area contributed by atoms with Crippen molar-refractivity contribution in [3.05, 3.63) is 27.7 Å². The molecule has 2 aromatic rings. The van der Waals surface area contributed by atoms with Crippen LogP contribution in [0.2, 0.25) is 5.28 Å². The van der Waals surface area contributed by atoms with Gasteiger partial charge in [0, 0.05) is 18.5 Å². The third-order valence-corrected chi connectivity index (χ3v) is 5.85. The molecule has 1 aromatic carbocycles. The minimum atomic E-state index is -0.533. The van der Waals surface area contributed by atoms with Gasteiger partial charge in [-0.3, -0.25) is 4.90 Å². The summed E-state index contributed by atoms with van der Waals surface area (Å²) in [4.78, 5) is 25.2. The number of fused-ring (bicyclic) bond motifs is 3. The molecule has 6 nitrogen and oxygen atoms in total. The van der Waals surface area contributed by atoms with Crippen molar-refractivity contribution in [3.8, 4) is 0 Å². The van der Waals surface area contributed by atoms with Crippen LogP contribution in [0.15, 0.2) is 16.6 Å². The summed E-state index contributed by atoms with van der Waals surface area (Å²) < 4.78 is 20.1. The van der Waals surface area contributed by atoms with Crippen molar-refractivity contribution in [2.24, 2.45) is 0 Å². The van der Waals surface area contributed by atoms with Crippen molar-refractivity contribution >= 4 is 50.3 Å². The Morgan fingerprint density at radius 3 is 2.50 bits per heavy atom. The van der Waals surface area contributed by atoms with Crippen LogP contribution in [0.3, 0.4) is 0 Å². The summed E-state index contributed by atoms with van der Waals surface area (Å²) >= 11 is 9.32. The lowest BCUT2D eigenvalue weighted by molar-refractivity contribution is 0.0123. The molecule has 1 amide bonds. The molecular weight excluding hydrogens is 451 g/mol. The Balaban J connectivity index is 1.65. The van der Waals surface area contributed by atoms with E-state index in [0.717, 1.165) is 12.8 Å². The molecule has 0 unspecified atom stereocenters. The lowest BCUT2D eigenvalue weighted by atomic mass is 10.1. The predicted octanol–water partition coefficient (Wildman–Crippen LogP) is 4.77. The van der Waals surface area contributed by atoms with E-state index in [4.69, 9.17) is 16.3 Å². The average molecular weight is 472 g/mol. The number of piperazine rings is 1. The van der Waals surface area contributed by atoms with Gasteiger partial charge in [-0.15, -0.1) is 0 Å². The summed E-state index contributed by atoms with van der Waals surface area (Å²) in [5.41, 5.74) is 0.0415. The molecule has 2 bridgehead atoms. The van der Waals surface area contributed by atoms with Crippen LogP contribution in [0, 0.1) is 5.82 Å². The second kappa shape index (κ2) is 6.99. The van der Waals surface area contributed by atoms with Crippen LogP contribution in [0.5, 0.6) is 0 Å². The summed E-state index contributed by atoms with van der Waals surface area (Å²) in [6, 6.07) is 3.08. The first kappa shape index (κ1) is 19.6. The van der Waals surface area contributed by atoms with E-state index in [-0.39, 0.29) is 29.3 Å². The maximum absolute atomic E-state index is 14.2. The number of aromatic nitrogens is 2. The molecule has 0 radical (unpaired) electrons. The number of carbonyl (C=O) groups is 1. The summed E-state index contributed by atoms with van der Waals surface area (Å²) in [5.74, 6) is 0.220. The summed E-state index contributed by atoms with van der Waals surface area (Å²) in [5, 5.41) is 0.721. The van der Waals surface area contributed by atoms with Crippen molar-refractivity contribution in [2.75, 3.05) is 18.0 Å². The minimum Gasteiger partial charge on any atom is -0.444 e. The smallest absolute Gasteiger partial charge is 0.410 e. The second-order valence-corrected chi connectivity index (χ2v) is 9.47. The topological polar surface area (TPSA) is 58.6 Å². The van der Waals surface area contributed by atoms with Crippen LogP contribution in [-0.2, 0) is 4.74 Å². The van der Waals surface area contributed by atoms with Crippen LogP contribution in [0.4, 0.5) is 15.0 Å². The van der Waals surface area contributed by atoms with Crippen LogP contribution >= 0.6 is 27.5 Å². The first-order valence-electron chi connectivity index (χ1n) is 9.21. The Kier molecular flexibility index (Phi) is 4.90. The Bertz CT molecular complexity index is 938. The average Bonchev–Trinajstić information content (AvgIpc) is 2.85. The van der Waals surface area contributed by atoms with Crippen LogP contribution in [-0.4, -0.2) is 51.7 Å². The fraction of sp³-hybridized carbons (Fsp3) is 0.526. The fourth-order valence-corrected chi connectivity index (χ4v) is 4.51. The summed E-state index contributed by atoms with van der Waals surface area (Å²) in [7, 11) is 0. The van der Waals surface area contributed by atoms with Gasteiger partial charge in [0.15, 0.2) is 0 Å². The lowest BCUT2D eigenvalue weighted by Gasteiger charge is -2.42. The number of halogens is 3. The number of anilines is 1. The molecule has 2 aliphatic heterocycles. The summed E-state index contributed by atoms with van der Waals surface area (Å²) in [6.45, 7) is 6.78. The molecule has 0 N–H and O–H groups in total. The van der Waals surface area contributed by atoms with Crippen molar-refractivity contribution in [2.45, 2.75) is 51.3 Å². The van der Waals surface area contributed by atoms with Gasteiger partial charge in [-0.05, 0) is 73.3 Å². The monoisotopic (exact) mass is 470 g/mol. The Labute approximate surface area is 176 Å². The van der Waals surface area contributed by atoms with E-state index < -0.39 is 5.60 Å². The number of ether oxygens (including phenoxy) is 1. The van der Waals surface area contributed by atoms with E-state index >= 15 is 0 Å². The van der Waals surface area contributed by atoms with Crippen molar-refractivity contribution in [1.82, 2.24) is 14.9 Å². The molecule has 3 heterocycles. The van der Waals surface area contributed by atoms with E-state index in [0.29, 0.717) is 34.3 Å². The molecule has 2 fully saturated rings. The quantitative estimate of drug-likeness (QED) is 0.561. The van der Waals surface area contributed by atoms with Gasteiger partial charge in [-0.2, -0.15) is 4.98 Å². The van der Waals surface area contributed by atoms with E-state index in [1.54, 1.807) is 6.07 Å². The highest BCUT2D eigenvalue weighted by Crippen LogP contribution is 2.36. The van der Waals surface area contributed by atoms with Gasteiger partial charge in [-0.25, -0.2) is 14.2 Å². The van der Waals surface area contributed by atoms with Gasteiger partial charge in [0.05, 0.1) is 22.1 Å². The first-order chi connectivity index (χ1) is 13.1. The lowest BCUT2D eigenvalue weighted by Crippen LogP contribution is -2.57. The minimum absolute atomic E-state index is 0.0256. The number of amides is 1. The normalized spacial score (nSPS) is 22.1. The van der Waals surface area contributed by atoms with E-state index in [1.165, 1.54) is 6.07 Å².